The maximum atomic E-state index is 5.74. The van der Waals surface area contributed by atoms with E-state index in [0.29, 0.717) is 4.99 Å². The summed E-state index contributed by atoms with van der Waals surface area (Å²) in [5.41, 5.74) is 6.83. The minimum absolute atomic E-state index is 0.218. The van der Waals surface area contributed by atoms with Crippen molar-refractivity contribution < 1.29 is 4.74 Å². The van der Waals surface area contributed by atoms with Gasteiger partial charge in [0.25, 0.3) is 0 Å². The van der Waals surface area contributed by atoms with Crippen LogP contribution in [-0.2, 0) is 6.42 Å². The van der Waals surface area contributed by atoms with E-state index in [1.54, 1.807) is 0 Å². The monoisotopic (exact) mass is 271 g/mol. The Kier molecular flexibility index (Phi) is 4.53. The van der Waals surface area contributed by atoms with Crippen molar-refractivity contribution in [3.8, 4) is 11.5 Å². The highest BCUT2D eigenvalue weighted by atomic mass is 32.1. The lowest BCUT2D eigenvalue weighted by atomic mass is 10.0. The van der Waals surface area contributed by atoms with E-state index < -0.39 is 0 Å². The molecular weight excluding hydrogens is 254 g/mol. The van der Waals surface area contributed by atoms with Gasteiger partial charge in [-0.3, -0.25) is 0 Å². The minimum Gasteiger partial charge on any atom is -0.457 e. The first-order chi connectivity index (χ1) is 9.15. The van der Waals surface area contributed by atoms with Gasteiger partial charge in [-0.05, 0) is 36.2 Å². The van der Waals surface area contributed by atoms with Crippen LogP contribution in [0.1, 0.15) is 12.5 Å². The van der Waals surface area contributed by atoms with Crippen LogP contribution in [0.3, 0.4) is 0 Å². The van der Waals surface area contributed by atoms with E-state index in [-0.39, 0.29) is 5.92 Å². The van der Waals surface area contributed by atoms with E-state index in [9.17, 15) is 0 Å². The molecule has 2 aromatic rings. The summed E-state index contributed by atoms with van der Waals surface area (Å²) < 4.78 is 5.74. The normalized spacial score (nSPS) is 11.8. The Morgan fingerprint density at radius 3 is 2.21 bits per heavy atom. The summed E-state index contributed by atoms with van der Waals surface area (Å²) in [6.45, 7) is 2.04. The third-order valence-corrected chi connectivity index (χ3v) is 3.33. The van der Waals surface area contributed by atoms with E-state index >= 15 is 0 Å². The molecule has 2 nitrogen and oxygen atoms in total. The third kappa shape index (κ3) is 4.07. The molecule has 2 N–H and O–H groups in total. The first-order valence-corrected chi connectivity index (χ1v) is 6.67. The van der Waals surface area contributed by atoms with E-state index in [1.807, 2.05) is 61.5 Å². The van der Waals surface area contributed by atoms with Crippen molar-refractivity contribution in [1.29, 1.82) is 0 Å². The smallest absolute Gasteiger partial charge is 0.127 e. The first-order valence-electron chi connectivity index (χ1n) is 6.26. The summed E-state index contributed by atoms with van der Waals surface area (Å²) in [6.07, 6.45) is 0.862. The molecule has 0 amide bonds. The third-order valence-electron chi connectivity index (χ3n) is 2.93. The number of para-hydroxylation sites is 1. The summed E-state index contributed by atoms with van der Waals surface area (Å²) in [6, 6.07) is 17.8. The van der Waals surface area contributed by atoms with Gasteiger partial charge in [-0.1, -0.05) is 49.5 Å². The Morgan fingerprint density at radius 2 is 1.63 bits per heavy atom. The van der Waals surface area contributed by atoms with E-state index in [1.165, 1.54) is 5.56 Å². The molecule has 0 spiro atoms. The molecule has 0 saturated carbocycles. The number of benzene rings is 2. The first kappa shape index (κ1) is 13.6. The van der Waals surface area contributed by atoms with Crippen LogP contribution in [0, 0.1) is 5.92 Å². The molecule has 0 aromatic heterocycles. The van der Waals surface area contributed by atoms with Gasteiger partial charge in [-0.25, -0.2) is 0 Å². The van der Waals surface area contributed by atoms with Crippen LogP contribution < -0.4 is 10.5 Å². The van der Waals surface area contributed by atoms with Gasteiger partial charge in [0.2, 0.25) is 0 Å². The predicted octanol–water partition coefficient (Wildman–Crippen LogP) is 3.94. The highest BCUT2D eigenvalue weighted by Gasteiger charge is 2.06. The Balaban J connectivity index is 2.01. The SMILES string of the molecule is CC(Cc1ccc(Oc2ccccc2)cc1)C(N)=S. The molecule has 0 fully saturated rings. The molecule has 3 heteroatoms. The molecule has 2 rings (SSSR count). The molecule has 0 aliphatic heterocycles. The van der Waals surface area contributed by atoms with Crippen LogP contribution in [0.25, 0.3) is 0 Å². The van der Waals surface area contributed by atoms with Crippen LogP contribution in [0.4, 0.5) is 0 Å². The number of nitrogens with two attached hydrogens (primary N) is 1. The van der Waals surface area contributed by atoms with Crippen molar-refractivity contribution in [2.24, 2.45) is 11.7 Å². The van der Waals surface area contributed by atoms with Crippen molar-refractivity contribution in [1.82, 2.24) is 0 Å². The largest absolute Gasteiger partial charge is 0.457 e. The van der Waals surface area contributed by atoms with Crippen molar-refractivity contribution in [2.45, 2.75) is 13.3 Å². The van der Waals surface area contributed by atoms with E-state index in [4.69, 9.17) is 22.7 Å². The van der Waals surface area contributed by atoms with Gasteiger partial charge in [0.15, 0.2) is 0 Å². The zero-order valence-corrected chi connectivity index (χ0v) is 11.7. The van der Waals surface area contributed by atoms with Crippen molar-refractivity contribution in [3.05, 3.63) is 60.2 Å². The summed E-state index contributed by atoms with van der Waals surface area (Å²) in [5, 5.41) is 0. The van der Waals surface area contributed by atoms with Crippen LogP contribution in [0.2, 0.25) is 0 Å². The van der Waals surface area contributed by atoms with Gasteiger partial charge in [-0.15, -0.1) is 0 Å². The molecule has 0 saturated heterocycles. The zero-order valence-electron chi connectivity index (χ0n) is 10.9. The minimum atomic E-state index is 0.218. The summed E-state index contributed by atoms with van der Waals surface area (Å²) in [5.74, 6) is 1.89. The number of ether oxygens (including phenoxy) is 1. The average Bonchev–Trinajstić information content (AvgIpc) is 2.42. The fourth-order valence-electron chi connectivity index (χ4n) is 1.77. The molecule has 0 radical (unpaired) electrons. The second kappa shape index (κ2) is 6.34. The maximum absolute atomic E-state index is 5.74. The zero-order chi connectivity index (χ0) is 13.7. The Hall–Kier alpha value is -1.87. The summed E-state index contributed by atoms with van der Waals surface area (Å²) in [7, 11) is 0. The Labute approximate surface area is 119 Å². The average molecular weight is 271 g/mol. The van der Waals surface area contributed by atoms with Crippen LogP contribution >= 0.6 is 12.2 Å². The predicted molar refractivity (Wildman–Crippen MR) is 82.6 cm³/mol. The molecule has 2 aromatic carbocycles. The Bertz CT molecular complexity index is 536. The van der Waals surface area contributed by atoms with Gasteiger partial charge < -0.3 is 10.5 Å². The maximum Gasteiger partial charge on any atom is 0.127 e. The van der Waals surface area contributed by atoms with Gasteiger partial charge in [-0.2, -0.15) is 0 Å². The standard InChI is InChI=1S/C16H17NOS/c1-12(16(17)19)11-13-7-9-15(10-8-13)18-14-5-3-2-4-6-14/h2-10,12H,11H2,1H3,(H2,17,19). The van der Waals surface area contributed by atoms with Gasteiger partial charge in [0, 0.05) is 5.92 Å². The second-order valence-electron chi connectivity index (χ2n) is 4.57. The van der Waals surface area contributed by atoms with Crippen LogP contribution in [0.5, 0.6) is 11.5 Å². The van der Waals surface area contributed by atoms with Crippen molar-refractivity contribution in [3.63, 3.8) is 0 Å². The summed E-state index contributed by atoms with van der Waals surface area (Å²) in [4.78, 5) is 0.560. The molecule has 0 aliphatic carbocycles. The molecule has 19 heavy (non-hydrogen) atoms. The van der Waals surface area contributed by atoms with Gasteiger partial charge in [0.05, 0.1) is 4.99 Å². The lowest BCUT2D eigenvalue weighted by Crippen LogP contribution is -2.20. The number of rotatable bonds is 5. The van der Waals surface area contributed by atoms with Crippen LogP contribution in [-0.4, -0.2) is 4.99 Å². The summed E-state index contributed by atoms with van der Waals surface area (Å²) >= 11 is 4.98. The highest BCUT2D eigenvalue weighted by molar-refractivity contribution is 7.80. The number of thiocarbonyl (C=S) groups is 1. The molecule has 1 unspecified atom stereocenters. The van der Waals surface area contributed by atoms with E-state index in [2.05, 4.69) is 0 Å². The van der Waals surface area contributed by atoms with Gasteiger partial charge in [0.1, 0.15) is 11.5 Å². The fourth-order valence-corrected chi connectivity index (χ4v) is 1.86. The fraction of sp³-hybridized carbons (Fsp3) is 0.188. The topological polar surface area (TPSA) is 35.2 Å². The second-order valence-corrected chi connectivity index (χ2v) is 5.04. The molecule has 1 atom stereocenters. The molecular formula is C16H17NOS. The van der Waals surface area contributed by atoms with Crippen molar-refractivity contribution >= 4 is 17.2 Å². The van der Waals surface area contributed by atoms with E-state index in [0.717, 1.165) is 17.9 Å². The van der Waals surface area contributed by atoms with Gasteiger partial charge >= 0.3 is 0 Å². The quantitative estimate of drug-likeness (QED) is 0.836. The molecule has 0 bridgehead atoms. The lowest BCUT2D eigenvalue weighted by Gasteiger charge is -2.10. The number of hydrogen-bond acceptors (Lipinski definition) is 2. The molecule has 0 aliphatic rings. The lowest BCUT2D eigenvalue weighted by molar-refractivity contribution is 0.482. The van der Waals surface area contributed by atoms with Crippen LogP contribution in [0.15, 0.2) is 54.6 Å². The Morgan fingerprint density at radius 1 is 1.05 bits per heavy atom. The molecule has 0 heterocycles. The number of hydrogen-bond donors (Lipinski definition) is 1. The molecule has 98 valence electrons. The van der Waals surface area contributed by atoms with Crippen molar-refractivity contribution in [2.75, 3.05) is 0 Å². The highest BCUT2D eigenvalue weighted by Crippen LogP contribution is 2.21.